The summed E-state index contributed by atoms with van der Waals surface area (Å²) in [5, 5.41) is 2.96. The highest BCUT2D eigenvalue weighted by Gasteiger charge is 2.12. The first-order chi connectivity index (χ1) is 10.1. The average molecular weight is 427 g/mol. The highest BCUT2D eigenvalue weighted by atomic mass is 79.9. The van der Waals surface area contributed by atoms with Crippen LogP contribution in [0, 0.1) is 0 Å². The Morgan fingerprint density at radius 1 is 1.24 bits per heavy atom. The number of carbonyl (C=O) groups is 1. The zero-order chi connectivity index (χ0) is 15.2. The van der Waals surface area contributed by atoms with E-state index in [1.807, 2.05) is 42.5 Å². The van der Waals surface area contributed by atoms with E-state index < -0.39 is 0 Å². The molecule has 0 saturated heterocycles. The maximum absolute atomic E-state index is 12.4. The van der Waals surface area contributed by atoms with Crippen LogP contribution in [0.2, 0.25) is 0 Å². The third-order valence-electron chi connectivity index (χ3n) is 2.67. The van der Waals surface area contributed by atoms with Crippen LogP contribution in [0.3, 0.4) is 0 Å². The Balaban J connectivity index is 2.21. The Morgan fingerprint density at radius 2 is 2.00 bits per heavy atom. The van der Waals surface area contributed by atoms with E-state index in [1.54, 1.807) is 17.8 Å². The van der Waals surface area contributed by atoms with Crippen molar-refractivity contribution in [3.63, 3.8) is 0 Å². The van der Waals surface area contributed by atoms with Crippen LogP contribution >= 0.6 is 43.6 Å². The van der Waals surface area contributed by atoms with Crippen molar-refractivity contribution in [1.82, 2.24) is 0 Å². The van der Waals surface area contributed by atoms with Crippen LogP contribution in [-0.2, 0) is 0 Å². The Bertz CT molecular complexity index is 673. The Hall–Kier alpha value is -1.04. The largest absolute Gasteiger partial charge is 0.321 e. The predicted octanol–water partition coefficient (Wildman–Crippen LogP) is 5.74. The second kappa shape index (κ2) is 7.82. The number of anilines is 1. The smallest absolute Gasteiger partial charge is 0.256 e. The number of benzene rings is 2. The first kappa shape index (κ1) is 16.3. The first-order valence-corrected chi connectivity index (χ1v) is 8.78. The molecule has 0 saturated carbocycles. The van der Waals surface area contributed by atoms with E-state index in [0.29, 0.717) is 5.56 Å². The fraction of sp³-hybridized carbons (Fsp3) is 0.0625. The van der Waals surface area contributed by atoms with E-state index in [2.05, 4.69) is 43.8 Å². The maximum atomic E-state index is 12.4. The standard InChI is InChI=1S/C16H13Br2NOS/c1-2-9-21-15-6-4-3-5-14(15)19-16(20)12-8-7-11(17)10-13(12)18/h2-8,10H,1,9H2,(H,19,20). The van der Waals surface area contributed by atoms with Gasteiger partial charge in [-0.3, -0.25) is 4.79 Å². The fourth-order valence-corrected chi connectivity index (χ4v) is 3.68. The molecule has 0 bridgehead atoms. The van der Waals surface area contributed by atoms with Gasteiger partial charge in [0, 0.05) is 19.6 Å². The van der Waals surface area contributed by atoms with Gasteiger partial charge in [0.25, 0.3) is 5.91 Å². The van der Waals surface area contributed by atoms with Crippen LogP contribution in [0.4, 0.5) is 5.69 Å². The number of amides is 1. The number of carbonyl (C=O) groups excluding carboxylic acids is 1. The van der Waals surface area contributed by atoms with Gasteiger partial charge in [-0.1, -0.05) is 34.1 Å². The number of nitrogens with one attached hydrogen (secondary N) is 1. The lowest BCUT2D eigenvalue weighted by molar-refractivity contribution is 0.102. The second-order valence-corrected chi connectivity index (χ2v) is 7.01. The summed E-state index contributed by atoms with van der Waals surface area (Å²) in [5.74, 6) is 0.663. The molecule has 5 heteroatoms. The lowest BCUT2D eigenvalue weighted by Crippen LogP contribution is -2.13. The van der Waals surface area contributed by atoms with Crippen molar-refractivity contribution in [2.24, 2.45) is 0 Å². The van der Waals surface area contributed by atoms with Crippen molar-refractivity contribution >= 4 is 55.2 Å². The zero-order valence-electron chi connectivity index (χ0n) is 11.1. The molecule has 0 heterocycles. The SMILES string of the molecule is C=CCSc1ccccc1NC(=O)c1ccc(Br)cc1Br. The zero-order valence-corrected chi connectivity index (χ0v) is 15.1. The highest BCUT2D eigenvalue weighted by molar-refractivity contribution is 9.11. The molecule has 0 aliphatic rings. The maximum Gasteiger partial charge on any atom is 0.256 e. The van der Waals surface area contributed by atoms with Gasteiger partial charge in [0.05, 0.1) is 11.3 Å². The third kappa shape index (κ3) is 4.46. The molecule has 21 heavy (non-hydrogen) atoms. The summed E-state index contributed by atoms with van der Waals surface area (Å²) in [6.45, 7) is 3.71. The quantitative estimate of drug-likeness (QED) is 0.487. The molecule has 0 spiro atoms. The molecule has 2 rings (SSSR count). The minimum atomic E-state index is -0.138. The Labute approximate surface area is 145 Å². The topological polar surface area (TPSA) is 29.1 Å². The number of para-hydroxylation sites is 1. The molecule has 2 nitrogen and oxygen atoms in total. The summed E-state index contributed by atoms with van der Waals surface area (Å²) in [6, 6.07) is 13.2. The van der Waals surface area contributed by atoms with Crippen LogP contribution in [-0.4, -0.2) is 11.7 Å². The van der Waals surface area contributed by atoms with Gasteiger partial charge in [-0.2, -0.15) is 0 Å². The van der Waals surface area contributed by atoms with Crippen molar-refractivity contribution in [2.45, 2.75) is 4.90 Å². The summed E-state index contributed by atoms with van der Waals surface area (Å²) in [4.78, 5) is 13.4. The summed E-state index contributed by atoms with van der Waals surface area (Å²) in [5.41, 5.74) is 1.41. The van der Waals surface area contributed by atoms with Crippen LogP contribution in [0.5, 0.6) is 0 Å². The van der Waals surface area contributed by atoms with E-state index in [0.717, 1.165) is 25.3 Å². The summed E-state index contributed by atoms with van der Waals surface area (Å²) in [7, 11) is 0. The van der Waals surface area contributed by atoms with E-state index in [4.69, 9.17) is 0 Å². The van der Waals surface area contributed by atoms with Gasteiger partial charge in [-0.25, -0.2) is 0 Å². The van der Waals surface area contributed by atoms with Crippen LogP contribution in [0.25, 0.3) is 0 Å². The molecule has 0 unspecified atom stereocenters. The van der Waals surface area contributed by atoms with Gasteiger partial charge in [0.15, 0.2) is 0 Å². The number of hydrogen-bond donors (Lipinski definition) is 1. The summed E-state index contributed by atoms with van der Waals surface area (Å²) < 4.78 is 1.68. The molecule has 1 N–H and O–H groups in total. The molecule has 2 aromatic carbocycles. The number of halogens is 2. The molecule has 0 aliphatic carbocycles. The molecule has 0 atom stereocenters. The van der Waals surface area contributed by atoms with Crippen LogP contribution in [0.15, 0.2) is 69.0 Å². The summed E-state index contributed by atoms with van der Waals surface area (Å²) >= 11 is 8.43. The van der Waals surface area contributed by atoms with Crippen molar-refractivity contribution < 1.29 is 4.79 Å². The average Bonchev–Trinajstić information content (AvgIpc) is 2.46. The lowest BCUT2D eigenvalue weighted by Gasteiger charge is -2.11. The molecule has 2 aromatic rings. The van der Waals surface area contributed by atoms with Gasteiger partial charge in [-0.05, 0) is 46.3 Å². The van der Waals surface area contributed by atoms with Crippen LogP contribution < -0.4 is 5.32 Å². The normalized spacial score (nSPS) is 10.2. The van der Waals surface area contributed by atoms with Gasteiger partial charge in [0.1, 0.15) is 0 Å². The molecule has 0 aliphatic heterocycles. The number of rotatable bonds is 5. The Kier molecular flexibility index (Phi) is 6.08. The minimum Gasteiger partial charge on any atom is -0.321 e. The molecular weight excluding hydrogens is 414 g/mol. The van der Waals surface area contributed by atoms with Gasteiger partial charge in [-0.15, -0.1) is 18.3 Å². The van der Waals surface area contributed by atoms with Crippen LogP contribution in [0.1, 0.15) is 10.4 Å². The van der Waals surface area contributed by atoms with Gasteiger partial charge < -0.3 is 5.32 Å². The highest BCUT2D eigenvalue weighted by Crippen LogP contribution is 2.28. The van der Waals surface area contributed by atoms with E-state index in [9.17, 15) is 4.79 Å². The second-order valence-electron chi connectivity index (χ2n) is 4.17. The number of hydrogen-bond acceptors (Lipinski definition) is 2. The van der Waals surface area contributed by atoms with Crippen molar-refractivity contribution in [3.05, 3.63) is 69.6 Å². The predicted molar refractivity (Wildman–Crippen MR) is 97.2 cm³/mol. The lowest BCUT2D eigenvalue weighted by atomic mass is 10.2. The van der Waals surface area contributed by atoms with E-state index >= 15 is 0 Å². The van der Waals surface area contributed by atoms with E-state index in [1.165, 1.54) is 0 Å². The molecule has 0 fully saturated rings. The molecule has 0 radical (unpaired) electrons. The molecule has 1 amide bonds. The summed E-state index contributed by atoms with van der Waals surface area (Å²) in [6.07, 6.45) is 1.84. The Morgan fingerprint density at radius 3 is 2.71 bits per heavy atom. The van der Waals surface area contributed by atoms with Gasteiger partial charge in [0.2, 0.25) is 0 Å². The third-order valence-corrected chi connectivity index (χ3v) is 4.89. The van der Waals surface area contributed by atoms with Gasteiger partial charge >= 0.3 is 0 Å². The first-order valence-electron chi connectivity index (χ1n) is 6.21. The molecular formula is C16H13Br2NOS. The minimum absolute atomic E-state index is 0.138. The molecule has 0 aromatic heterocycles. The monoisotopic (exact) mass is 425 g/mol. The van der Waals surface area contributed by atoms with Crippen molar-refractivity contribution in [2.75, 3.05) is 11.1 Å². The molecule has 108 valence electrons. The van der Waals surface area contributed by atoms with Crippen molar-refractivity contribution in [3.8, 4) is 0 Å². The van der Waals surface area contributed by atoms with Crippen molar-refractivity contribution in [1.29, 1.82) is 0 Å². The van der Waals surface area contributed by atoms with E-state index in [-0.39, 0.29) is 5.91 Å². The number of thioether (sulfide) groups is 1. The fourth-order valence-electron chi connectivity index (χ4n) is 1.71.